The lowest BCUT2D eigenvalue weighted by atomic mass is 10.1. The van der Waals surface area contributed by atoms with E-state index in [1.165, 1.54) is 11.1 Å². The van der Waals surface area contributed by atoms with Crippen molar-refractivity contribution in [3.05, 3.63) is 58.7 Å². The highest BCUT2D eigenvalue weighted by atomic mass is 16.5. The van der Waals surface area contributed by atoms with Crippen LogP contribution in [0.4, 0.5) is 0 Å². The van der Waals surface area contributed by atoms with Gasteiger partial charge in [-0.05, 0) is 19.4 Å². The maximum Gasteiger partial charge on any atom is 0.142 e. The van der Waals surface area contributed by atoms with Gasteiger partial charge in [0, 0.05) is 24.7 Å². The first-order valence-electron chi connectivity index (χ1n) is 6.38. The van der Waals surface area contributed by atoms with E-state index in [1.54, 1.807) is 0 Å². The van der Waals surface area contributed by atoms with Crippen molar-refractivity contribution in [3.63, 3.8) is 0 Å². The Labute approximate surface area is 109 Å². The molecule has 0 aromatic rings. The molecule has 0 N–H and O–H groups in total. The van der Waals surface area contributed by atoms with Crippen molar-refractivity contribution >= 4 is 0 Å². The number of rotatable bonds is 4. The maximum absolute atomic E-state index is 5.68. The Bertz CT molecular complexity index is 495. The van der Waals surface area contributed by atoms with E-state index < -0.39 is 0 Å². The summed E-state index contributed by atoms with van der Waals surface area (Å²) in [6, 6.07) is 0. The van der Waals surface area contributed by atoms with Crippen LogP contribution in [-0.4, -0.2) is 24.7 Å². The molecule has 1 aliphatic heterocycles. The predicted molar refractivity (Wildman–Crippen MR) is 73.9 cm³/mol. The van der Waals surface area contributed by atoms with E-state index in [-0.39, 0.29) is 0 Å². The van der Waals surface area contributed by atoms with Gasteiger partial charge >= 0.3 is 0 Å². The van der Waals surface area contributed by atoms with Gasteiger partial charge in [-0.3, -0.25) is 4.90 Å². The zero-order valence-corrected chi connectivity index (χ0v) is 11.1. The van der Waals surface area contributed by atoms with Crippen molar-refractivity contribution in [1.82, 2.24) is 4.90 Å². The average Bonchev–Trinajstić information content (AvgIpc) is 2.42. The lowest BCUT2D eigenvalue weighted by Crippen LogP contribution is -2.33. The fraction of sp³-hybridized carbons (Fsp3) is 0.375. The molecule has 0 aromatic heterocycles. The molecule has 0 amide bonds. The zero-order chi connectivity index (χ0) is 12.8. The van der Waals surface area contributed by atoms with Gasteiger partial charge in [0.2, 0.25) is 0 Å². The van der Waals surface area contributed by atoms with E-state index in [4.69, 9.17) is 4.74 Å². The van der Waals surface area contributed by atoms with Crippen LogP contribution in [0.5, 0.6) is 0 Å². The molecule has 18 heavy (non-hydrogen) atoms. The van der Waals surface area contributed by atoms with Gasteiger partial charge in [0.1, 0.15) is 12.5 Å². The average molecular weight is 241 g/mol. The van der Waals surface area contributed by atoms with E-state index in [0.717, 1.165) is 25.3 Å². The number of nitrogens with zero attached hydrogens (tertiary/aromatic N) is 1. The van der Waals surface area contributed by atoms with Gasteiger partial charge in [0.15, 0.2) is 0 Å². The third-order valence-electron chi connectivity index (χ3n) is 2.93. The van der Waals surface area contributed by atoms with E-state index in [2.05, 4.69) is 48.4 Å². The molecular weight excluding hydrogens is 222 g/mol. The smallest absolute Gasteiger partial charge is 0.142 e. The minimum atomic E-state index is 0.645. The van der Waals surface area contributed by atoms with Gasteiger partial charge in [-0.1, -0.05) is 42.2 Å². The van der Waals surface area contributed by atoms with E-state index in [1.807, 2.05) is 12.2 Å². The summed E-state index contributed by atoms with van der Waals surface area (Å²) in [6.45, 7) is 6.76. The first-order valence-corrected chi connectivity index (χ1v) is 6.38. The van der Waals surface area contributed by atoms with Crippen molar-refractivity contribution in [2.24, 2.45) is 0 Å². The Kier molecular flexibility index (Phi) is 4.44. The van der Waals surface area contributed by atoms with Gasteiger partial charge in [-0.15, -0.1) is 0 Å². The van der Waals surface area contributed by atoms with Gasteiger partial charge in [-0.25, -0.2) is 0 Å². The van der Waals surface area contributed by atoms with Crippen molar-refractivity contribution in [3.8, 4) is 0 Å². The normalized spacial score (nSPS) is 19.6. The number of hydrogen-bond donors (Lipinski definition) is 0. The van der Waals surface area contributed by atoms with Crippen LogP contribution >= 0.6 is 0 Å². The SMILES string of the molecule is CC/C=C\C(C)=C/CN1COC2=C(C=C=C=C2)C1. The van der Waals surface area contributed by atoms with Crippen LogP contribution in [0, 0.1) is 0 Å². The Hall–Kier alpha value is -1.72. The largest absolute Gasteiger partial charge is 0.477 e. The van der Waals surface area contributed by atoms with Crippen LogP contribution in [0.15, 0.2) is 58.7 Å². The summed E-state index contributed by atoms with van der Waals surface area (Å²) in [7, 11) is 0. The summed E-state index contributed by atoms with van der Waals surface area (Å²) in [5, 5.41) is 0. The zero-order valence-electron chi connectivity index (χ0n) is 11.1. The van der Waals surface area contributed by atoms with E-state index >= 15 is 0 Å². The fourth-order valence-corrected chi connectivity index (χ4v) is 1.87. The molecule has 94 valence electrons. The van der Waals surface area contributed by atoms with E-state index in [9.17, 15) is 0 Å². The summed E-state index contributed by atoms with van der Waals surface area (Å²) < 4.78 is 5.68. The van der Waals surface area contributed by atoms with Gasteiger partial charge in [0.25, 0.3) is 0 Å². The van der Waals surface area contributed by atoms with Crippen molar-refractivity contribution in [2.45, 2.75) is 20.3 Å². The highest BCUT2D eigenvalue weighted by Gasteiger charge is 2.16. The molecule has 0 unspecified atom stereocenters. The molecule has 0 fully saturated rings. The number of allylic oxidation sites excluding steroid dienone is 4. The van der Waals surface area contributed by atoms with Crippen molar-refractivity contribution < 1.29 is 4.74 Å². The number of hydrogen-bond acceptors (Lipinski definition) is 2. The van der Waals surface area contributed by atoms with Gasteiger partial charge in [-0.2, -0.15) is 0 Å². The Balaban J connectivity index is 1.90. The van der Waals surface area contributed by atoms with Gasteiger partial charge < -0.3 is 4.74 Å². The standard InChI is InChI=1S/C16H19NO/c1-3-4-7-14(2)10-11-17-12-15-8-5-6-9-16(15)18-13-17/h4,7-10H,3,11-13H2,1-2H3/b7-4-,14-10-. The van der Waals surface area contributed by atoms with Gasteiger partial charge in [0.05, 0.1) is 0 Å². The molecule has 0 spiro atoms. The minimum Gasteiger partial charge on any atom is -0.477 e. The van der Waals surface area contributed by atoms with Crippen molar-refractivity contribution in [1.29, 1.82) is 0 Å². The van der Waals surface area contributed by atoms with Crippen molar-refractivity contribution in [2.75, 3.05) is 19.8 Å². The molecule has 0 saturated heterocycles. The molecule has 2 nitrogen and oxygen atoms in total. The van der Waals surface area contributed by atoms with E-state index in [0.29, 0.717) is 6.73 Å². The third-order valence-corrected chi connectivity index (χ3v) is 2.93. The summed E-state index contributed by atoms with van der Waals surface area (Å²) in [6.07, 6.45) is 11.5. The topological polar surface area (TPSA) is 12.5 Å². The molecule has 1 heterocycles. The fourth-order valence-electron chi connectivity index (χ4n) is 1.87. The molecular formula is C16H19NO. The molecule has 2 heteroatoms. The lowest BCUT2D eigenvalue weighted by Gasteiger charge is -2.28. The molecule has 0 aromatic carbocycles. The first-order chi connectivity index (χ1) is 8.79. The Morgan fingerprint density at radius 1 is 1.44 bits per heavy atom. The van der Waals surface area contributed by atoms with Crippen LogP contribution in [0.3, 0.4) is 0 Å². The molecule has 0 saturated carbocycles. The second kappa shape index (κ2) is 6.28. The number of ether oxygens (including phenoxy) is 1. The lowest BCUT2D eigenvalue weighted by molar-refractivity contribution is 0.0732. The highest BCUT2D eigenvalue weighted by molar-refractivity contribution is 5.34. The molecule has 2 rings (SSSR count). The van der Waals surface area contributed by atoms with Crippen LogP contribution in [0.2, 0.25) is 0 Å². The monoisotopic (exact) mass is 241 g/mol. The molecule has 0 bridgehead atoms. The molecule has 1 aliphatic carbocycles. The second-order valence-electron chi connectivity index (χ2n) is 4.51. The van der Waals surface area contributed by atoms with Crippen LogP contribution in [0.1, 0.15) is 20.3 Å². The third kappa shape index (κ3) is 3.38. The second-order valence-corrected chi connectivity index (χ2v) is 4.51. The van der Waals surface area contributed by atoms with Crippen LogP contribution in [-0.2, 0) is 4.74 Å². The Morgan fingerprint density at radius 2 is 2.28 bits per heavy atom. The maximum atomic E-state index is 5.68. The summed E-state index contributed by atoms with van der Waals surface area (Å²) in [4.78, 5) is 2.26. The highest BCUT2D eigenvalue weighted by Crippen LogP contribution is 2.18. The summed E-state index contributed by atoms with van der Waals surface area (Å²) >= 11 is 0. The van der Waals surface area contributed by atoms with Crippen LogP contribution in [0.25, 0.3) is 0 Å². The minimum absolute atomic E-state index is 0.645. The predicted octanol–water partition coefficient (Wildman–Crippen LogP) is 3.32. The quantitative estimate of drug-likeness (QED) is 0.553. The molecule has 0 radical (unpaired) electrons. The first kappa shape index (κ1) is 12.7. The molecule has 2 aliphatic rings. The molecule has 0 atom stereocenters. The summed E-state index contributed by atoms with van der Waals surface area (Å²) in [5.41, 5.74) is 8.39. The Morgan fingerprint density at radius 3 is 3.11 bits per heavy atom. The summed E-state index contributed by atoms with van der Waals surface area (Å²) in [5.74, 6) is 0.941. The van der Waals surface area contributed by atoms with Crippen LogP contribution < -0.4 is 0 Å².